The molecule has 2 aromatic heterocycles. The highest BCUT2D eigenvalue weighted by Crippen LogP contribution is 2.31. The molecule has 22 heavy (non-hydrogen) atoms. The van der Waals surface area contributed by atoms with Crippen LogP contribution in [0.5, 0.6) is 0 Å². The number of nitrogens with zero attached hydrogens (tertiary/aromatic N) is 3. The van der Waals surface area contributed by atoms with Crippen molar-refractivity contribution in [1.29, 1.82) is 0 Å². The average Bonchev–Trinajstić information content (AvgIpc) is 3.17. The number of carbonyl (C=O) groups is 1. The van der Waals surface area contributed by atoms with Crippen molar-refractivity contribution < 1.29 is 4.79 Å². The normalized spacial score (nSPS) is 17.6. The first-order chi connectivity index (χ1) is 10.8. The minimum absolute atomic E-state index is 0.216. The van der Waals surface area contributed by atoms with Crippen molar-refractivity contribution in [1.82, 2.24) is 9.88 Å². The van der Waals surface area contributed by atoms with Crippen molar-refractivity contribution in [3.05, 3.63) is 45.9 Å². The number of pyridine rings is 1. The van der Waals surface area contributed by atoms with E-state index in [-0.39, 0.29) is 5.91 Å². The number of carbonyl (C=O) groups excluding carboxylic acids is 1. The Morgan fingerprint density at radius 1 is 1.09 bits per heavy atom. The molecule has 1 aliphatic heterocycles. The summed E-state index contributed by atoms with van der Waals surface area (Å²) in [5.41, 5.74) is 2.60. The van der Waals surface area contributed by atoms with Gasteiger partial charge in [-0.15, -0.1) is 11.3 Å². The Hall–Kier alpha value is -1.88. The maximum absolute atomic E-state index is 12.7. The molecule has 0 bridgehead atoms. The lowest BCUT2D eigenvalue weighted by molar-refractivity contribution is 0.0751. The summed E-state index contributed by atoms with van der Waals surface area (Å²) in [6, 6.07) is 6.19. The Bertz CT molecular complexity index is 653. The van der Waals surface area contributed by atoms with E-state index in [0.29, 0.717) is 0 Å². The van der Waals surface area contributed by atoms with E-state index >= 15 is 0 Å². The molecule has 1 amide bonds. The molecule has 0 saturated carbocycles. The molecule has 1 fully saturated rings. The van der Waals surface area contributed by atoms with Crippen LogP contribution in [0.4, 0.5) is 5.69 Å². The molecule has 4 rings (SSSR count). The van der Waals surface area contributed by atoms with Crippen LogP contribution >= 0.6 is 11.3 Å². The number of aryl methyl sites for hydroxylation is 2. The predicted octanol–water partition coefficient (Wildman–Crippen LogP) is 2.59. The van der Waals surface area contributed by atoms with Gasteiger partial charge in [-0.25, -0.2) is 0 Å². The Morgan fingerprint density at radius 2 is 1.86 bits per heavy atom. The molecule has 5 heteroatoms. The number of thiophene rings is 1. The van der Waals surface area contributed by atoms with Crippen LogP contribution in [0.15, 0.2) is 30.6 Å². The molecule has 4 nitrogen and oxygen atoms in total. The quantitative estimate of drug-likeness (QED) is 0.855. The van der Waals surface area contributed by atoms with Gasteiger partial charge in [-0.3, -0.25) is 9.78 Å². The number of hydrogen-bond acceptors (Lipinski definition) is 4. The van der Waals surface area contributed by atoms with Gasteiger partial charge in [-0.1, -0.05) is 0 Å². The third kappa shape index (κ3) is 2.50. The second-order valence-electron chi connectivity index (χ2n) is 5.90. The summed E-state index contributed by atoms with van der Waals surface area (Å²) < 4.78 is 0. The first kappa shape index (κ1) is 13.8. The highest BCUT2D eigenvalue weighted by atomic mass is 32.1. The van der Waals surface area contributed by atoms with Crippen LogP contribution in [0.25, 0.3) is 0 Å². The van der Waals surface area contributed by atoms with Crippen molar-refractivity contribution in [2.45, 2.75) is 19.3 Å². The van der Waals surface area contributed by atoms with Gasteiger partial charge in [0.25, 0.3) is 5.91 Å². The topological polar surface area (TPSA) is 36.4 Å². The molecule has 1 aliphatic carbocycles. The lowest BCUT2D eigenvalue weighted by Gasteiger charge is -2.35. The second kappa shape index (κ2) is 5.72. The Morgan fingerprint density at radius 3 is 2.59 bits per heavy atom. The van der Waals surface area contributed by atoms with E-state index in [4.69, 9.17) is 0 Å². The standard InChI is InChI=1S/C17H19N3OS/c21-17(16-12-13-2-1-3-15(13)22-16)20-10-8-19(9-11-20)14-4-6-18-7-5-14/h4-7,12H,1-3,8-11H2. The van der Waals surface area contributed by atoms with Gasteiger partial charge in [-0.05, 0) is 43.0 Å². The summed E-state index contributed by atoms with van der Waals surface area (Å²) in [5, 5.41) is 0. The first-order valence-corrected chi connectivity index (χ1v) is 8.69. The fourth-order valence-corrected chi connectivity index (χ4v) is 4.53. The zero-order chi connectivity index (χ0) is 14.9. The van der Waals surface area contributed by atoms with Gasteiger partial charge in [0.05, 0.1) is 4.88 Å². The Labute approximate surface area is 134 Å². The van der Waals surface area contributed by atoms with E-state index in [1.54, 1.807) is 11.3 Å². The van der Waals surface area contributed by atoms with Gasteiger partial charge >= 0.3 is 0 Å². The van der Waals surface area contributed by atoms with E-state index in [0.717, 1.165) is 43.9 Å². The number of amides is 1. The largest absolute Gasteiger partial charge is 0.368 e. The van der Waals surface area contributed by atoms with Crippen LogP contribution in [0.1, 0.15) is 26.5 Å². The highest BCUT2D eigenvalue weighted by Gasteiger charge is 2.25. The van der Waals surface area contributed by atoms with Gasteiger partial charge in [0.2, 0.25) is 0 Å². The van der Waals surface area contributed by atoms with Crippen molar-refractivity contribution in [3.8, 4) is 0 Å². The molecule has 0 radical (unpaired) electrons. The van der Waals surface area contributed by atoms with Crippen LogP contribution in [0, 0.1) is 0 Å². The van der Waals surface area contributed by atoms with Crippen molar-refractivity contribution in [3.63, 3.8) is 0 Å². The SMILES string of the molecule is O=C(c1cc2c(s1)CCC2)N1CCN(c2ccncc2)CC1. The third-order valence-electron chi connectivity index (χ3n) is 4.55. The minimum Gasteiger partial charge on any atom is -0.368 e. The molecule has 2 aromatic rings. The summed E-state index contributed by atoms with van der Waals surface area (Å²) in [6.07, 6.45) is 7.19. The van der Waals surface area contributed by atoms with E-state index in [2.05, 4.69) is 16.0 Å². The molecular weight excluding hydrogens is 294 g/mol. The van der Waals surface area contributed by atoms with Gasteiger partial charge < -0.3 is 9.80 Å². The molecular formula is C17H19N3OS. The fourth-order valence-electron chi connectivity index (χ4n) is 3.31. The van der Waals surface area contributed by atoms with E-state index in [9.17, 15) is 4.79 Å². The lowest BCUT2D eigenvalue weighted by Crippen LogP contribution is -2.48. The Kier molecular flexibility index (Phi) is 3.58. The van der Waals surface area contributed by atoms with Gasteiger partial charge in [0.15, 0.2) is 0 Å². The molecule has 0 unspecified atom stereocenters. The van der Waals surface area contributed by atoms with E-state index in [1.165, 1.54) is 22.5 Å². The number of hydrogen-bond donors (Lipinski definition) is 0. The van der Waals surface area contributed by atoms with Crippen molar-refractivity contribution in [2.24, 2.45) is 0 Å². The van der Waals surface area contributed by atoms with E-state index in [1.807, 2.05) is 29.4 Å². The molecule has 0 N–H and O–H groups in total. The zero-order valence-electron chi connectivity index (χ0n) is 12.5. The second-order valence-corrected chi connectivity index (χ2v) is 7.03. The minimum atomic E-state index is 0.216. The summed E-state index contributed by atoms with van der Waals surface area (Å²) >= 11 is 1.71. The molecule has 3 heterocycles. The molecule has 1 saturated heterocycles. The number of piperazine rings is 1. The van der Waals surface area contributed by atoms with Crippen LogP contribution in [0.3, 0.4) is 0 Å². The highest BCUT2D eigenvalue weighted by molar-refractivity contribution is 7.14. The zero-order valence-corrected chi connectivity index (χ0v) is 13.3. The molecule has 0 atom stereocenters. The third-order valence-corrected chi connectivity index (χ3v) is 5.78. The van der Waals surface area contributed by atoms with Gasteiger partial charge in [0, 0.05) is 49.1 Å². The van der Waals surface area contributed by atoms with Crippen LogP contribution in [-0.4, -0.2) is 42.0 Å². The maximum Gasteiger partial charge on any atom is 0.264 e. The smallest absolute Gasteiger partial charge is 0.264 e. The summed E-state index contributed by atoms with van der Waals surface area (Å²) in [6.45, 7) is 3.37. The van der Waals surface area contributed by atoms with Crippen LogP contribution in [0.2, 0.25) is 0 Å². The summed E-state index contributed by atoms with van der Waals surface area (Å²) in [4.78, 5) is 23.4. The van der Waals surface area contributed by atoms with Crippen LogP contribution < -0.4 is 4.90 Å². The predicted molar refractivity (Wildman–Crippen MR) is 88.7 cm³/mol. The molecule has 114 valence electrons. The maximum atomic E-state index is 12.7. The van der Waals surface area contributed by atoms with E-state index < -0.39 is 0 Å². The fraction of sp³-hybridized carbons (Fsp3) is 0.412. The molecule has 2 aliphatic rings. The number of anilines is 1. The molecule has 0 aromatic carbocycles. The Balaban J connectivity index is 1.41. The number of fused-ring (bicyclic) bond motifs is 1. The number of aromatic nitrogens is 1. The summed E-state index contributed by atoms with van der Waals surface area (Å²) in [7, 11) is 0. The van der Waals surface area contributed by atoms with Crippen LogP contribution in [-0.2, 0) is 12.8 Å². The first-order valence-electron chi connectivity index (χ1n) is 7.87. The number of rotatable bonds is 2. The lowest BCUT2D eigenvalue weighted by atomic mass is 10.2. The van der Waals surface area contributed by atoms with Gasteiger partial charge in [-0.2, -0.15) is 0 Å². The van der Waals surface area contributed by atoms with Crippen molar-refractivity contribution in [2.75, 3.05) is 31.1 Å². The summed E-state index contributed by atoms with van der Waals surface area (Å²) in [5.74, 6) is 0.216. The van der Waals surface area contributed by atoms with Gasteiger partial charge in [0.1, 0.15) is 0 Å². The monoisotopic (exact) mass is 313 g/mol. The van der Waals surface area contributed by atoms with Crippen molar-refractivity contribution >= 4 is 22.9 Å². The molecule has 0 spiro atoms. The average molecular weight is 313 g/mol.